The number of hydrogen-bond acceptors (Lipinski definition) is 8. The van der Waals surface area contributed by atoms with E-state index >= 15 is 0 Å². The fraction of sp³-hybridized carbons (Fsp3) is 0.500. The number of aliphatic hydroxyl groups is 2. The van der Waals surface area contributed by atoms with E-state index in [1.165, 1.54) is 0 Å². The first-order valence-electron chi connectivity index (χ1n) is 15.8. The summed E-state index contributed by atoms with van der Waals surface area (Å²) in [6.07, 6.45) is 5.11. The van der Waals surface area contributed by atoms with Gasteiger partial charge in [0.2, 0.25) is 5.88 Å². The zero-order valence-electron chi connectivity index (χ0n) is 25.5. The van der Waals surface area contributed by atoms with Crippen molar-refractivity contribution in [1.29, 1.82) is 0 Å². The maximum Gasteiger partial charge on any atom is 0.414 e. The van der Waals surface area contributed by atoms with Crippen LogP contribution in [0.25, 0.3) is 21.9 Å². The predicted molar refractivity (Wildman–Crippen MR) is 167 cm³/mol. The molecular formula is C34H43N3O7. The Balaban J connectivity index is 0.996. The first kappa shape index (κ1) is 30.3. The third-order valence-corrected chi connectivity index (χ3v) is 9.20. The number of nitrogens with zero attached hydrogens (tertiary/aromatic N) is 1. The van der Waals surface area contributed by atoms with Crippen molar-refractivity contribution in [3.8, 4) is 17.4 Å². The number of piperidine rings is 1. The van der Waals surface area contributed by atoms with Gasteiger partial charge in [0, 0.05) is 54.1 Å². The van der Waals surface area contributed by atoms with Crippen molar-refractivity contribution in [3.05, 3.63) is 54.3 Å². The van der Waals surface area contributed by atoms with E-state index in [-0.39, 0.29) is 18.1 Å². The molecular weight excluding hydrogens is 562 g/mol. The van der Waals surface area contributed by atoms with Crippen LogP contribution in [0.1, 0.15) is 57.9 Å². The number of likely N-dealkylation sites (tertiary alicyclic amines) is 1. The summed E-state index contributed by atoms with van der Waals surface area (Å²) in [7, 11) is 0. The Morgan fingerprint density at radius 3 is 2.77 bits per heavy atom. The van der Waals surface area contributed by atoms with Gasteiger partial charge in [-0.1, -0.05) is 13.0 Å². The summed E-state index contributed by atoms with van der Waals surface area (Å²) in [4.78, 5) is 18.3. The van der Waals surface area contributed by atoms with Gasteiger partial charge in [-0.3, -0.25) is 0 Å². The van der Waals surface area contributed by atoms with E-state index in [1.54, 1.807) is 12.3 Å². The Morgan fingerprint density at radius 1 is 1.14 bits per heavy atom. The van der Waals surface area contributed by atoms with Crippen LogP contribution in [0.4, 0.5) is 4.79 Å². The van der Waals surface area contributed by atoms with Gasteiger partial charge in [-0.15, -0.1) is 0 Å². The minimum absolute atomic E-state index is 0.0504. The smallest absolute Gasteiger partial charge is 0.414 e. The molecule has 1 aliphatic heterocycles. The number of hydrogen-bond donors (Lipinski definition) is 4. The van der Waals surface area contributed by atoms with Crippen molar-refractivity contribution in [3.63, 3.8) is 0 Å². The number of ether oxygens (including phenoxy) is 3. The van der Waals surface area contributed by atoms with Gasteiger partial charge in [-0.05, 0) is 75.6 Å². The summed E-state index contributed by atoms with van der Waals surface area (Å²) >= 11 is 0. The molecule has 1 amide bonds. The number of amides is 1. The van der Waals surface area contributed by atoms with Crippen molar-refractivity contribution in [2.75, 3.05) is 26.2 Å². The van der Waals surface area contributed by atoms with Crippen LogP contribution in [0, 0.1) is 5.92 Å². The average Bonchev–Trinajstić information content (AvgIpc) is 3.61. The molecule has 2 aromatic carbocycles. The number of rotatable bonds is 10. The van der Waals surface area contributed by atoms with Crippen molar-refractivity contribution < 1.29 is 33.6 Å². The Hall–Kier alpha value is -3.73. The molecule has 2 aromatic heterocycles. The van der Waals surface area contributed by atoms with Crippen molar-refractivity contribution in [2.45, 2.75) is 76.7 Å². The Kier molecular flexibility index (Phi) is 9.02. The van der Waals surface area contributed by atoms with Crippen LogP contribution < -0.4 is 19.5 Å². The summed E-state index contributed by atoms with van der Waals surface area (Å²) in [5, 5.41) is 25.9. The molecule has 0 spiro atoms. The lowest BCUT2D eigenvalue weighted by Crippen LogP contribution is -2.47. The van der Waals surface area contributed by atoms with Crippen LogP contribution in [0.5, 0.6) is 17.4 Å². The van der Waals surface area contributed by atoms with Crippen molar-refractivity contribution in [1.82, 2.24) is 15.2 Å². The molecule has 10 nitrogen and oxygen atoms in total. The molecule has 4 N–H and O–H groups in total. The number of benzene rings is 2. The molecule has 1 aliphatic carbocycles. The second-order valence-electron chi connectivity index (χ2n) is 12.4. The summed E-state index contributed by atoms with van der Waals surface area (Å²) in [5.41, 5.74) is 1.74. The maximum atomic E-state index is 12.8. The third kappa shape index (κ3) is 6.98. The zero-order chi connectivity index (χ0) is 30.7. The van der Waals surface area contributed by atoms with E-state index < -0.39 is 11.7 Å². The van der Waals surface area contributed by atoms with E-state index in [4.69, 9.17) is 18.6 Å². The van der Waals surface area contributed by atoms with Gasteiger partial charge < -0.3 is 44.0 Å². The molecule has 1 saturated heterocycles. The van der Waals surface area contributed by atoms with E-state index in [0.717, 1.165) is 59.2 Å². The summed E-state index contributed by atoms with van der Waals surface area (Å²) < 4.78 is 23.1. The fourth-order valence-corrected chi connectivity index (χ4v) is 6.50. The highest BCUT2D eigenvalue weighted by atomic mass is 16.6. The molecule has 0 radical (unpaired) electrons. The minimum atomic E-state index is -0.718. The normalized spacial score (nSPS) is 24.4. The van der Waals surface area contributed by atoms with Crippen LogP contribution >= 0.6 is 0 Å². The van der Waals surface area contributed by atoms with Gasteiger partial charge in [-0.2, -0.15) is 0 Å². The molecule has 2 fully saturated rings. The van der Waals surface area contributed by atoms with E-state index in [1.807, 2.05) is 43.3 Å². The highest BCUT2D eigenvalue weighted by molar-refractivity contribution is 5.88. The number of nitrogens with one attached hydrogen (secondary N) is 2. The van der Waals surface area contributed by atoms with Gasteiger partial charge in [-0.25, -0.2) is 4.79 Å². The molecule has 4 aromatic rings. The number of aromatic amines is 1. The number of aromatic nitrogens is 1. The highest BCUT2D eigenvalue weighted by Crippen LogP contribution is 2.34. The monoisotopic (exact) mass is 605 g/mol. The molecule has 2 aliphatic rings. The average molecular weight is 606 g/mol. The number of furan rings is 1. The van der Waals surface area contributed by atoms with Crippen LogP contribution in [0.3, 0.4) is 0 Å². The van der Waals surface area contributed by atoms with E-state index in [2.05, 4.69) is 22.1 Å². The third-order valence-electron chi connectivity index (χ3n) is 9.20. The molecule has 2 atom stereocenters. The quantitative estimate of drug-likeness (QED) is 0.180. The van der Waals surface area contributed by atoms with Crippen LogP contribution in [-0.4, -0.2) is 70.2 Å². The predicted octanol–water partition coefficient (Wildman–Crippen LogP) is 5.75. The van der Waals surface area contributed by atoms with E-state index in [0.29, 0.717) is 56.9 Å². The molecule has 0 bridgehead atoms. The Morgan fingerprint density at radius 2 is 1.98 bits per heavy atom. The number of H-pyrrole nitrogens is 1. The molecule has 236 valence electrons. The lowest BCUT2D eigenvalue weighted by molar-refractivity contribution is -0.0271. The summed E-state index contributed by atoms with van der Waals surface area (Å²) in [6, 6.07) is 13.2. The highest BCUT2D eigenvalue weighted by Gasteiger charge is 2.35. The van der Waals surface area contributed by atoms with Crippen molar-refractivity contribution >= 4 is 28.0 Å². The first-order valence-corrected chi connectivity index (χ1v) is 15.8. The second-order valence-corrected chi connectivity index (χ2v) is 12.4. The summed E-state index contributed by atoms with van der Waals surface area (Å²) in [6.45, 7) is 7.49. The number of fused-ring (bicyclic) bond motifs is 2. The largest absolute Gasteiger partial charge is 0.494 e. The summed E-state index contributed by atoms with van der Waals surface area (Å²) in [5.74, 6) is 2.02. The zero-order valence-corrected chi connectivity index (χ0v) is 25.5. The minimum Gasteiger partial charge on any atom is -0.494 e. The standard InChI is InChI=1S/C34H43N3O7/c1-3-41-25-7-8-26-23(21-43-31(26)17-25)20-42-30-6-4-5-28-27(30)18-32(36-28)44-33(39)35-24-9-12-34(40,13-10-24)14-16-37-15-11-29(38)22(2)19-37/h4-8,17-18,21-22,24,29,36,38,40H,3,9-16,19-20H2,1-2H3,(H,35,39)/t22-,24?,29-,34?/m0/s1. The van der Waals surface area contributed by atoms with Gasteiger partial charge in [0.05, 0.1) is 30.1 Å². The van der Waals surface area contributed by atoms with Gasteiger partial charge in [0.15, 0.2) is 0 Å². The molecule has 6 rings (SSSR count). The molecule has 44 heavy (non-hydrogen) atoms. The van der Waals surface area contributed by atoms with Crippen LogP contribution in [-0.2, 0) is 6.61 Å². The van der Waals surface area contributed by atoms with Crippen LogP contribution in [0.15, 0.2) is 53.1 Å². The number of carbonyl (C=O) groups excluding carboxylic acids is 1. The van der Waals surface area contributed by atoms with Crippen LogP contribution in [0.2, 0.25) is 0 Å². The van der Waals surface area contributed by atoms with Crippen molar-refractivity contribution in [2.24, 2.45) is 5.92 Å². The first-order chi connectivity index (χ1) is 21.3. The maximum absolute atomic E-state index is 12.8. The van der Waals surface area contributed by atoms with Gasteiger partial charge in [0.1, 0.15) is 23.7 Å². The Bertz CT molecular complexity index is 1570. The fourth-order valence-electron chi connectivity index (χ4n) is 6.50. The number of carbonyl (C=O) groups is 1. The SMILES string of the molecule is CCOc1ccc2c(COc3cccc4[nH]c(OC(=O)NC5CCC(O)(CCN6CC[C@H](O)[C@@H](C)C6)CC5)cc34)coc2c1. The topological polar surface area (TPSA) is 129 Å². The lowest BCUT2D eigenvalue weighted by Gasteiger charge is -2.39. The molecule has 0 unspecified atom stereocenters. The Labute approximate surface area is 257 Å². The second kappa shape index (κ2) is 13.1. The molecule has 10 heteroatoms. The molecule has 3 heterocycles. The molecule has 1 saturated carbocycles. The lowest BCUT2D eigenvalue weighted by atomic mass is 9.80. The van der Waals surface area contributed by atoms with E-state index in [9.17, 15) is 15.0 Å². The van der Waals surface area contributed by atoms with Gasteiger partial charge >= 0.3 is 6.09 Å². The van der Waals surface area contributed by atoms with Gasteiger partial charge in [0.25, 0.3) is 0 Å². The number of aliphatic hydroxyl groups excluding tert-OH is 1.